The number of anilines is 1. The third-order valence-electron chi connectivity index (χ3n) is 4.11. The monoisotopic (exact) mass is 243 g/mol. The van der Waals surface area contributed by atoms with E-state index in [1.54, 1.807) is 12.3 Å². The second-order valence-corrected chi connectivity index (χ2v) is 5.46. The van der Waals surface area contributed by atoms with Crippen molar-refractivity contribution in [1.82, 2.24) is 4.98 Å². The number of rotatable bonds is 2. The molecule has 94 valence electrons. The Morgan fingerprint density at radius 1 is 1.33 bits per heavy atom. The van der Waals surface area contributed by atoms with Gasteiger partial charge >= 0.3 is 0 Å². The minimum atomic E-state index is 0.496. The van der Waals surface area contributed by atoms with Crippen molar-refractivity contribution in [2.45, 2.75) is 31.7 Å². The van der Waals surface area contributed by atoms with E-state index in [1.165, 1.54) is 25.7 Å². The molecule has 1 saturated carbocycles. The minimum absolute atomic E-state index is 0.496. The first-order valence-electron chi connectivity index (χ1n) is 6.50. The zero-order valence-electron chi connectivity index (χ0n) is 10.4. The van der Waals surface area contributed by atoms with Crippen molar-refractivity contribution >= 4 is 5.82 Å². The van der Waals surface area contributed by atoms with Crippen LogP contribution in [-0.4, -0.2) is 24.2 Å². The fourth-order valence-electron chi connectivity index (χ4n) is 2.81. The summed E-state index contributed by atoms with van der Waals surface area (Å²) in [6.07, 6.45) is 6.49. The quantitative estimate of drug-likeness (QED) is 0.866. The molecule has 0 radical (unpaired) electrons. The lowest BCUT2D eigenvalue weighted by Gasteiger charge is -2.46. The summed E-state index contributed by atoms with van der Waals surface area (Å²) in [5.41, 5.74) is 1.10. The lowest BCUT2D eigenvalue weighted by atomic mass is 9.71. The number of hydrogen-bond donors (Lipinski definition) is 1. The van der Waals surface area contributed by atoms with E-state index < -0.39 is 0 Å². The summed E-state index contributed by atoms with van der Waals surface area (Å²) in [7, 11) is 0. The van der Waals surface area contributed by atoms with Crippen LogP contribution in [0, 0.1) is 16.7 Å². The number of nitrogens with one attached hydrogen (secondary N) is 1. The molecule has 2 aliphatic rings. The molecule has 4 nitrogen and oxygen atoms in total. The van der Waals surface area contributed by atoms with Gasteiger partial charge in [0.05, 0.1) is 18.8 Å². The summed E-state index contributed by atoms with van der Waals surface area (Å²) in [5.74, 6) is 0.875. The fraction of sp³-hybridized carbons (Fsp3) is 0.571. The zero-order chi connectivity index (χ0) is 12.4. The molecule has 1 aliphatic heterocycles. The molecule has 0 aromatic carbocycles. The molecule has 18 heavy (non-hydrogen) atoms. The van der Waals surface area contributed by atoms with Gasteiger partial charge in [0.25, 0.3) is 0 Å². The number of hydrogen-bond acceptors (Lipinski definition) is 4. The van der Waals surface area contributed by atoms with E-state index in [4.69, 9.17) is 10.00 Å². The summed E-state index contributed by atoms with van der Waals surface area (Å²) in [4.78, 5) is 4.26. The Hall–Kier alpha value is -1.60. The lowest BCUT2D eigenvalue weighted by molar-refractivity contribution is -0.131. The van der Waals surface area contributed by atoms with Crippen LogP contribution in [0.1, 0.15) is 31.2 Å². The molecular formula is C14H17N3O. The Morgan fingerprint density at radius 2 is 2.11 bits per heavy atom. The Balaban J connectivity index is 1.55. The molecule has 1 aromatic heterocycles. The van der Waals surface area contributed by atoms with Crippen molar-refractivity contribution in [3.8, 4) is 6.07 Å². The number of nitrogens with zero attached hydrogens (tertiary/aromatic N) is 2. The Kier molecular flexibility index (Phi) is 2.92. The first-order chi connectivity index (χ1) is 8.80. The molecule has 0 atom stereocenters. The highest BCUT2D eigenvalue weighted by Gasteiger charge is 2.41. The lowest BCUT2D eigenvalue weighted by Crippen LogP contribution is -2.47. The number of pyridine rings is 1. The van der Waals surface area contributed by atoms with E-state index in [0.29, 0.717) is 17.0 Å². The van der Waals surface area contributed by atoms with Gasteiger partial charge in [-0.15, -0.1) is 0 Å². The number of nitriles is 1. The topological polar surface area (TPSA) is 57.9 Å². The van der Waals surface area contributed by atoms with E-state index in [0.717, 1.165) is 19.0 Å². The van der Waals surface area contributed by atoms with Gasteiger partial charge < -0.3 is 10.1 Å². The fourth-order valence-corrected chi connectivity index (χ4v) is 2.81. The molecule has 3 rings (SSSR count). The highest BCUT2D eigenvalue weighted by Crippen LogP contribution is 2.42. The van der Waals surface area contributed by atoms with E-state index in [9.17, 15) is 0 Å². The van der Waals surface area contributed by atoms with Crippen molar-refractivity contribution in [2.75, 3.05) is 18.5 Å². The molecule has 2 fully saturated rings. The van der Waals surface area contributed by atoms with Crippen LogP contribution in [0.5, 0.6) is 0 Å². The standard InChI is InChI=1S/C14H17N3O/c15-7-11-1-2-13(16-8-11)17-12-3-5-14(6-4-12)9-18-10-14/h1-2,8,12H,3-6,9-10H2,(H,16,17). The number of ether oxygens (including phenoxy) is 1. The van der Waals surface area contributed by atoms with Gasteiger partial charge in [-0.3, -0.25) is 0 Å². The summed E-state index contributed by atoms with van der Waals surface area (Å²) >= 11 is 0. The second-order valence-electron chi connectivity index (χ2n) is 5.46. The molecule has 2 heterocycles. The van der Waals surface area contributed by atoms with Crippen molar-refractivity contribution in [1.29, 1.82) is 5.26 Å². The maximum atomic E-state index is 8.72. The normalized spacial score (nSPS) is 22.2. The molecular weight excluding hydrogens is 226 g/mol. The second kappa shape index (κ2) is 4.58. The number of aromatic nitrogens is 1. The largest absolute Gasteiger partial charge is 0.380 e. The van der Waals surface area contributed by atoms with Gasteiger partial charge in [-0.05, 0) is 37.8 Å². The van der Waals surface area contributed by atoms with Crippen molar-refractivity contribution in [3.05, 3.63) is 23.9 Å². The zero-order valence-corrected chi connectivity index (χ0v) is 10.4. The van der Waals surface area contributed by atoms with Gasteiger partial charge in [-0.25, -0.2) is 4.98 Å². The van der Waals surface area contributed by atoms with Gasteiger partial charge in [0, 0.05) is 17.7 Å². The summed E-state index contributed by atoms with van der Waals surface area (Å²) in [6, 6.07) is 6.28. The highest BCUT2D eigenvalue weighted by atomic mass is 16.5. The van der Waals surface area contributed by atoms with Crippen LogP contribution in [0.3, 0.4) is 0 Å². The third-order valence-corrected chi connectivity index (χ3v) is 4.11. The molecule has 1 saturated heterocycles. The van der Waals surface area contributed by atoms with E-state index >= 15 is 0 Å². The smallest absolute Gasteiger partial charge is 0.126 e. The van der Waals surface area contributed by atoms with Crippen molar-refractivity contribution in [2.24, 2.45) is 5.41 Å². The van der Waals surface area contributed by atoms with Gasteiger partial charge in [-0.2, -0.15) is 5.26 Å². The molecule has 4 heteroatoms. The molecule has 0 bridgehead atoms. The average molecular weight is 243 g/mol. The Labute approximate surface area is 107 Å². The van der Waals surface area contributed by atoms with E-state index in [1.807, 2.05) is 6.07 Å². The SMILES string of the molecule is N#Cc1ccc(NC2CCC3(CC2)COC3)nc1. The molecule has 1 N–H and O–H groups in total. The summed E-state index contributed by atoms with van der Waals surface area (Å²) in [6.45, 7) is 1.91. The maximum absolute atomic E-state index is 8.72. The molecule has 1 aliphatic carbocycles. The van der Waals surface area contributed by atoms with Crippen LogP contribution < -0.4 is 5.32 Å². The van der Waals surface area contributed by atoms with Gasteiger partial charge in [0.15, 0.2) is 0 Å². The first kappa shape index (κ1) is 11.5. The predicted molar refractivity (Wildman–Crippen MR) is 68.1 cm³/mol. The van der Waals surface area contributed by atoms with Crippen LogP contribution in [0.25, 0.3) is 0 Å². The van der Waals surface area contributed by atoms with Gasteiger partial charge in [0.2, 0.25) is 0 Å². The maximum Gasteiger partial charge on any atom is 0.126 e. The Morgan fingerprint density at radius 3 is 2.61 bits per heavy atom. The Bertz CT molecular complexity index is 449. The van der Waals surface area contributed by atoms with Crippen LogP contribution in [0.4, 0.5) is 5.82 Å². The van der Waals surface area contributed by atoms with Crippen molar-refractivity contribution < 1.29 is 4.74 Å². The van der Waals surface area contributed by atoms with Crippen LogP contribution in [0.2, 0.25) is 0 Å². The van der Waals surface area contributed by atoms with E-state index in [-0.39, 0.29) is 0 Å². The van der Waals surface area contributed by atoms with Crippen LogP contribution in [-0.2, 0) is 4.74 Å². The van der Waals surface area contributed by atoms with Crippen LogP contribution >= 0.6 is 0 Å². The molecule has 1 aromatic rings. The predicted octanol–water partition coefficient (Wildman–Crippen LogP) is 2.32. The average Bonchev–Trinajstić information content (AvgIpc) is 2.39. The molecule has 1 spiro atoms. The summed E-state index contributed by atoms with van der Waals surface area (Å²) < 4.78 is 5.33. The molecule has 0 amide bonds. The van der Waals surface area contributed by atoms with Crippen LogP contribution in [0.15, 0.2) is 18.3 Å². The minimum Gasteiger partial charge on any atom is -0.380 e. The van der Waals surface area contributed by atoms with E-state index in [2.05, 4.69) is 16.4 Å². The van der Waals surface area contributed by atoms with Gasteiger partial charge in [0.1, 0.15) is 11.9 Å². The first-order valence-corrected chi connectivity index (χ1v) is 6.50. The highest BCUT2D eigenvalue weighted by molar-refractivity contribution is 5.39. The summed E-state index contributed by atoms with van der Waals surface area (Å²) in [5, 5.41) is 12.2. The third kappa shape index (κ3) is 2.19. The van der Waals surface area contributed by atoms with Crippen molar-refractivity contribution in [3.63, 3.8) is 0 Å². The molecule has 0 unspecified atom stereocenters. The van der Waals surface area contributed by atoms with Gasteiger partial charge in [-0.1, -0.05) is 0 Å².